The molecule has 0 unspecified atom stereocenters. The molecule has 2 heterocycles. The van der Waals surface area contributed by atoms with Gasteiger partial charge in [0.1, 0.15) is 18.1 Å². The Morgan fingerprint density at radius 3 is 2.85 bits per heavy atom. The molecule has 0 saturated heterocycles. The summed E-state index contributed by atoms with van der Waals surface area (Å²) in [7, 11) is 0. The van der Waals surface area contributed by atoms with Crippen molar-refractivity contribution < 1.29 is 9.84 Å². The first-order chi connectivity index (χ1) is 13.2. The quantitative estimate of drug-likeness (QED) is 0.591. The van der Waals surface area contributed by atoms with Crippen molar-refractivity contribution in [2.45, 2.75) is 25.3 Å². The number of hydrogen-bond acceptors (Lipinski definition) is 4. The molecule has 3 aromatic rings. The van der Waals surface area contributed by atoms with Gasteiger partial charge in [0.15, 0.2) is 4.77 Å². The van der Waals surface area contributed by atoms with E-state index in [0.717, 1.165) is 41.0 Å². The summed E-state index contributed by atoms with van der Waals surface area (Å²) in [4.78, 5) is 3.11. The topological polar surface area (TPSA) is 76.2 Å². The van der Waals surface area contributed by atoms with Crippen LogP contribution in [0.3, 0.4) is 0 Å². The van der Waals surface area contributed by atoms with Crippen molar-refractivity contribution in [1.29, 1.82) is 0 Å². The number of ether oxygens (including phenoxy) is 1. The average Bonchev–Trinajstić information content (AvgIpc) is 3.03. The van der Waals surface area contributed by atoms with Gasteiger partial charge in [-0.25, -0.2) is 0 Å². The highest BCUT2D eigenvalue weighted by atomic mass is 32.1. The lowest BCUT2D eigenvalue weighted by Gasteiger charge is -2.28. The molecule has 0 fully saturated rings. The van der Waals surface area contributed by atoms with Crippen LogP contribution in [-0.2, 0) is 19.3 Å². The van der Waals surface area contributed by atoms with Gasteiger partial charge in [0.05, 0.1) is 6.04 Å². The van der Waals surface area contributed by atoms with Gasteiger partial charge in [0.2, 0.25) is 0 Å². The van der Waals surface area contributed by atoms with Crippen molar-refractivity contribution in [3.05, 3.63) is 75.8 Å². The molecule has 2 aromatic carbocycles. The summed E-state index contributed by atoms with van der Waals surface area (Å²) in [5.74, 6) is 1.15. The maximum atomic E-state index is 10.5. The van der Waals surface area contributed by atoms with Gasteiger partial charge < -0.3 is 25.1 Å². The van der Waals surface area contributed by atoms with E-state index in [9.17, 15) is 5.11 Å². The zero-order valence-electron chi connectivity index (χ0n) is 15.0. The second-order valence-electron chi connectivity index (χ2n) is 6.91. The van der Waals surface area contributed by atoms with Gasteiger partial charge in [-0.2, -0.15) is 0 Å². The Balaban J connectivity index is 1.60. The minimum atomic E-state index is 0.0946. The van der Waals surface area contributed by atoms with E-state index in [2.05, 4.69) is 21.7 Å². The van der Waals surface area contributed by atoms with Crippen LogP contribution in [0.5, 0.6) is 11.5 Å². The largest absolute Gasteiger partial charge is 0.508 e. The first kappa shape index (κ1) is 17.8. The summed E-state index contributed by atoms with van der Waals surface area (Å²) >= 11 is 5.45. The summed E-state index contributed by atoms with van der Waals surface area (Å²) in [5, 5.41) is 10.5. The van der Waals surface area contributed by atoms with Gasteiger partial charge in [-0.1, -0.05) is 30.3 Å². The standard InChI is InChI=1S/C21H23N3O2S/c22-7-6-17-12-23-21(27)24(17)18-9-16-10-19(25)15(11-20(16)26-13-18)8-14-4-2-1-3-5-14/h1-5,10-12,18,25H,6-9,13,22H2,(H,23,27)/t18-/m1/s1. The Bertz CT molecular complexity index is 994. The molecule has 27 heavy (non-hydrogen) atoms. The third kappa shape index (κ3) is 3.63. The SMILES string of the molecule is NCCc1c[nH]c(=S)n1[C@H]1COc2cc(Cc3ccccc3)c(O)cc2C1. The predicted molar refractivity (Wildman–Crippen MR) is 108 cm³/mol. The maximum absolute atomic E-state index is 10.5. The zero-order chi connectivity index (χ0) is 18.8. The van der Waals surface area contributed by atoms with E-state index >= 15 is 0 Å². The van der Waals surface area contributed by atoms with Gasteiger partial charge in [-0.15, -0.1) is 0 Å². The van der Waals surface area contributed by atoms with Crippen LogP contribution in [0.4, 0.5) is 0 Å². The van der Waals surface area contributed by atoms with Gasteiger partial charge in [-0.3, -0.25) is 0 Å². The van der Waals surface area contributed by atoms with Crippen molar-refractivity contribution in [2.24, 2.45) is 5.73 Å². The smallest absolute Gasteiger partial charge is 0.177 e. The maximum Gasteiger partial charge on any atom is 0.177 e. The van der Waals surface area contributed by atoms with E-state index in [1.54, 1.807) is 0 Å². The van der Waals surface area contributed by atoms with Crippen molar-refractivity contribution in [1.82, 2.24) is 9.55 Å². The van der Waals surface area contributed by atoms with E-state index in [4.69, 9.17) is 22.7 Å². The van der Waals surface area contributed by atoms with Crippen LogP contribution >= 0.6 is 12.2 Å². The molecule has 140 valence electrons. The van der Waals surface area contributed by atoms with Gasteiger partial charge in [0.25, 0.3) is 0 Å². The summed E-state index contributed by atoms with van der Waals surface area (Å²) in [6.07, 6.45) is 4.12. The van der Waals surface area contributed by atoms with E-state index < -0.39 is 0 Å². The lowest BCUT2D eigenvalue weighted by Crippen LogP contribution is -2.26. The fourth-order valence-corrected chi connectivity index (χ4v) is 4.05. The van der Waals surface area contributed by atoms with Crippen molar-refractivity contribution in [2.75, 3.05) is 13.2 Å². The van der Waals surface area contributed by atoms with Crippen LogP contribution in [0.15, 0.2) is 48.7 Å². The number of rotatable bonds is 5. The van der Waals surface area contributed by atoms with Crippen LogP contribution in [-0.4, -0.2) is 27.8 Å². The van der Waals surface area contributed by atoms with E-state index in [0.29, 0.717) is 30.1 Å². The van der Waals surface area contributed by atoms with Crippen LogP contribution in [0.2, 0.25) is 0 Å². The molecule has 1 aromatic heterocycles. The molecule has 0 spiro atoms. The van der Waals surface area contributed by atoms with Crippen molar-refractivity contribution in [3.63, 3.8) is 0 Å². The predicted octanol–water partition coefficient (Wildman–Crippen LogP) is 3.52. The molecule has 0 saturated carbocycles. The molecule has 0 radical (unpaired) electrons. The van der Waals surface area contributed by atoms with E-state index in [-0.39, 0.29) is 6.04 Å². The van der Waals surface area contributed by atoms with E-state index in [1.165, 1.54) is 0 Å². The average molecular weight is 382 g/mol. The molecule has 1 aliphatic rings. The Morgan fingerprint density at radius 2 is 2.07 bits per heavy atom. The van der Waals surface area contributed by atoms with Crippen molar-refractivity contribution in [3.8, 4) is 11.5 Å². The molecule has 1 aliphatic heterocycles. The zero-order valence-corrected chi connectivity index (χ0v) is 15.8. The van der Waals surface area contributed by atoms with Gasteiger partial charge in [-0.05, 0) is 42.0 Å². The molecule has 1 atom stereocenters. The monoisotopic (exact) mass is 381 g/mol. The number of imidazole rings is 1. The lowest BCUT2D eigenvalue weighted by molar-refractivity contribution is 0.219. The Labute approximate surface area is 163 Å². The Kier molecular flexibility index (Phi) is 5.01. The number of benzene rings is 2. The number of hydrogen-bond donors (Lipinski definition) is 3. The van der Waals surface area contributed by atoms with Crippen LogP contribution < -0.4 is 10.5 Å². The fourth-order valence-electron chi connectivity index (χ4n) is 3.72. The molecule has 6 heteroatoms. The minimum Gasteiger partial charge on any atom is -0.508 e. The molecular formula is C21H23N3O2S. The molecule has 5 nitrogen and oxygen atoms in total. The number of aromatic amines is 1. The molecule has 4 rings (SSSR count). The first-order valence-corrected chi connectivity index (χ1v) is 9.57. The first-order valence-electron chi connectivity index (χ1n) is 9.16. The Hall–Kier alpha value is -2.57. The van der Waals surface area contributed by atoms with Crippen LogP contribution in [0.25, 0.3) is 0 Å². The lowest BCUT2D eigenvalue weighted by atomic mass is 9.97. The van der Waals surface area contributed by atoms with Gasteiger partial charge in [0, 0.05) is 36.7 Å². The van der Waals surface area contributed by atoms with E-state index in [1.807, 2.05) is 36.5 Å². The second kappa shape index (κ2) is 7.58. The molecule has 0 amide bonds. The number of nitrogens with two attached hydrogens (primary N) is 1. The third-order valence-electron chi connectivity index (χ3n) is 5.04. The summed E-state index contributed by atoms with van der Waals surface area (Å²) in [6, 6.07) is 14.0. The molecule has 0 bridgehead atoms. The highest BCUT2D eigenvalue weighted by molar-refractivity contribution is 7.71. The number of nitrogens with zero attached hydrogens (tertiary/aromatic N) is 1. The highest BCUT2D eigenvalue weighted by Gasteiger charge is 2.25. The van der Waals surface area contributed by atoms with Crippen LogP contribution in [0.1, 0.15) is 28.4 Å². The number of phenolic OH excluding ortho intramolecular Hbond substituents is 1. The minimum absolute atomic E-state index is 0.0946. The Morgan fingerprint density at radius 1 is 1.26 bits per heavy atom. The number of aromatic nitrogens is 2. The molecular weight excluding hydrogens is 358 g/mol. The number of aromatic hydroxyl groups is 1. The fraction of sp³-hybridized carbons (Fsp3) is 0.286. The van der Waals surface area contributed by atoms with Crippen molar-refractivity contribution >= 4 is 12.2 Å². The van der Waals surface area contributed by atoms with Gasteiger partial charge >= 0.3 is 0 Å². The number of nitrogens with one attached hydrogen (secondary N) is 1. The summed E-state index contributed by atoms with van der Waals surface area (Å²) in [6.45, 7) is 1.12. The number of fused-ring (bicyclic) bond motifs is 1. The normalized spacial score (nSPS) is 16.0. The summed E-state index contributed by atoms with van der Waals surface area (Å²) < 4.78 is 8.84. The third-order valence-corrected chi connectivity index (χ3v) is 5.36. The highest BCUT2D eigenvalue weighted by Crippen LogP contribution is 2.36. The second-order valence-corrected chi connectivity index (χ2v) is 7.30. The summed E-state index contributed by atoms with van der Waals surface area (Å²) in [5.41, 5.74) is 9.84. The molecule has 4 N–H and O–H groups in total. The number of H-pyrrole nitrogens is 1. The number of phenols is 1. The molecule has 0 aliphatic carbocycles. The van der Waals surface area contributed by atoms with Crippen LogP contribution in [0, 0.1) is 4.77 Å².